The van der Waals surface area contributed by atoms with Crippen molar-refractivity contribution in [3.05, 3.63) is 34.4 Å². The fourth-order valence-corrected chi connectivity index (χ4v) is 1.76. The highest BCUT2D eigenvalue weighted by Crippen LogP contribution is 2.14. The number of carbonyl (C=O) groups excluding carboxylic acids is 1. The molecule has 0 aliphatic rings. The zero-order chi connectivity index (χ0) is 12.8. The molecule has 1 rings (SSSR count). The van der Waals surface area contributed by atoms with Gasteiger partial charge in [-0.05, 0) is 43.0 Å². The van der Waals surface area contributed by atoms with Crippen molar-refractivity contribution in [2.24, 2.45) is 0 Å². The maximum absolute atomic E-state index is 10.7. The normalized spacial score (nSPS) is 10.4. The van der Waals surface area contributed by atoms with Crippen LogP contribution in [-0.2, 0) is 11.3 Å². The Balaban J connectivity index is 2.41. The molecular formula is C14H22N2O. The highest BCUT2D eigenvalue weighted by molar-refractivity contribution is 5.72. The van der Waals surface area contributed by atoms with Crippen LogP contribution in [0, 0.1) is 20.8 Å². The van der Waals surface area contributed by atoms with Crippen molar-refractivity contribution in [2.75, 3.05) is 13.1 Å². The molecule has 0 unspecified atom stereocenters. The summed E-state index contributed by atoms with van der Waals surface area (Å²) in [5.74, 6) is 0.0224. The molecule has 0 spiro atoms. The number of carbonyl (C=O) groups is 1. The Hall–Kier alpha value is -1.35. The van der Waals surface area contributed by atoms with Gasteiger partial charge in [-0.15, -0.1) is 0 Å². The van der Waals surface area contributed by atoms with Crippen LogP contribution in [0.3, 0.4) is 0 Å². The first-order chi connectivity index (χ1) is 8.00. The Bertz CT molecular complexity index is 399. The SMILES string of the molecule is CC(=O)NCCNCc1cc(C)c(C)cc1C. The van der Waals surface area contributed by atoms with Crippen LogP contribution in [0.25, 0.3) is 0 Å². The van der Waals surface area contributed by atoms with E-state index in [1.165, 1.54) is 29.2 Å². The minimum absolute atomic E-state index is 0.0224. The molecule has 0 bridgehead atoms. The topological polar surface area (TPSA) is 41.1 Å². The van der Waals surface area contributed by atoms with Gasteiger partial charge in [0.25, 0.3) is 0 Å². The summed E-state index contributed by atoms with van der Waals surface area (Å²) in [6.45, 7) is 10.3. The van der Waals surface area contributed by atoms with Crippen molar-refractivity contribution < 1.29 is 4.79 Å². The van der Waals surface area contributed by atoms with Gasteiger partial charge in [0, 0.05) is 26.6 Å². The van der Waals surface area contributed by atoms with Crippen LogP contribution in [-0.4, -0.2) is 19.0 Å². The molecule has 0 radical (unpaired) electrons. The number of rotatable bonds is 5. The maximum atomic E-state index is 10.7. The van der Waals surface area contributed by atoms with Crippen molar-refractivity contribution in [1.29, 1.82) is 0 Å². The van der Waals surface area contributed by atoms with E-state index in [1.54, 1.807) is 0 Å². The van der Waals surface area contributed by atoms with Gasteiger partial charge in [0.15, 0.2) is 0 Å². The van der Waals surface area contributed by atoms with Gasteiger partial charge in [0.2, 0.25) is 5.91 Å². The Labute approximate surface area is 104 Å². The smallest absolute Gasteiger partial charge is 0.216 e. The molecule has 2 N–H and O–H groups in total. The van der Waals surface area contributed by atoms with Crippen molar-refractivity contribution in [3.63, 3.8) is 0 Å². The molecule has 17 heavy (non-hydrogen) atoms. The molecule has 1 aromatic carbocycles. The van der Waals surface area contributed by atoms with Gasteiger partial charge in [-0.2, -0.15) is 0 Å². The summed E-state index contributed by atoms with van der Waals surface area (Å²) in [6.07, 6.45) is 0. The summed E-state index contributed by atoms with van der Waals surface area (Å²) in [5.41, 5.74) is 5.31. The van der Waals surface area contributed by atoms with Crippen LogP contribution in [0.4, 0.5) is 0 Å². The van der Waals surface area contributed by atoms with E-state index in [0.717, 1.165) is 13.1 Å². The van der Waals surface area contributed by atoms with E-state index in [0.29, 0.717) is 6.54 Å². The van der Waals surface area contributed by atoms with Crippen LogP contribution in [0.2, 0.25) is 0 Å². The summed E-state index contributed by atoms with van der Waals surface area (Å²) >= 11 is 0. The van der Waals surface area contributed by atoms with Crippen molar-refractivity contribution in [1.82, 2.24) is 10.6 Å². The second kappa shape index (κ2) is 6.40. The molecule has 94 valence electrons. The van der Waals surface area contributed by atoms with E-state index in [2.05, 4.69) is 43.5 Å². The molecule has 0 aliphatic heterocycles. The minimum atomic E-state index is 0.0224. The van der Waals surface area contributed by atoms with Gasteiger partial charge in [0.1, 0.15) is 0 Å². The lowest BCUT2D eigenvalue weighted by atomic mass is 10.0. The predicted molar refractivity (Wildman–Crippen MR) is 71.0 cm³/mol. The molecule has 1 aromatic rings. The molecule has 0 aliphatic carbocycles. The number of hydrogen-bond acceptors (Lipinski definition) is 2. The molecule has 0 saturated heterocycles. The fourth-order valence-electron chi connectivity index (χ4n) is 1.76. The second-order valence-corrected chi connectivity index (χ2v) is 4.52. The maximum Gasteiger partial charge on any atom is 0.216 e. The molecule has 0 heterocycles. The van der Waals surface area contributed by atoms with Crippen LogP contribution in [0.15, 0.2) is 12.1 Å². The zero-order valence-corrected chi connectivity index (χ0v) is 11.2. The monoisotopic (exact) mass is 234 g/mol. The van der Waals surface area contributed by atoms with Gasteiger partial charge in [-0.25, -0.2) is 0 Å². The number of amides is 1. The van der Waals surface area contributed by atoms with Crippen molar-refractivity contribution >= 4 is 5.91 Å². The molecule has 0 aromatic heterocycles. The number of aryl methyl sites for hydroxylation is 3. The molecule has 0 saturated carbocycles. The van der Waals surface area contributed by atoms with E-state index in [1.807, 2.05) is 0 Å². The largest absolute Gasteiger partial charge is 0.355 e. The van der Waals surface area contributed by atoms with Gasteiger partial charge in [-0.3, -0.25) is 4.79 Å². The van der Waals surface area contributed by atoms with E-state index < -0.39 is 0 Å². The van der Waals surface area contributed by atoms with Gasteiger partial charge >= 0.3 is 0 Å². The van der Waals surface area contributed by atoms with E-state index in [-0.39, 0.29) is 5.91 Å². The molecule has 3 nitrogen and oxygen atoms in total. The van der Waals surface area contributed by atoms with Gasteiger partial charge < -0.3 is 10.6 Å². The number of benzene rings is 1. The lowest BCUT2D eigenvalue weighted by molar-refractivity contribution is -0.118. The molecular weight excluding hydrogens is 212 g/mol. The van der Waals surface area contributed by atoms with E-state index >= 15 is 0 Å². The fraction of sp³-hybridized carbons (Fsp3) is 0.500. The number of nitrogens with one attached hydrogen (secondary N) is 2. The average Bonchev–Trinajstić information content (AvgIpc) is 2.24. The second-order valence-electron chi connectivity index (χ2n) is 4.52. The lowest BCUT2D eigenvalue weighted by Gasteiger charge is -2.11. The van der Waals surface area contributed by atoms with Crippen LogP contribution >= 0.6 is 0 Å². The zero-order valence-electron chi connectivity index (χ0n) is 11.2. The number of hydrogen-bond donors (Lipinski definition) is 2. The Morgan fingerprint density at radius 3 is 2.35 bits per heavy atom. The van der Waals surface area contributed by atoms with Crippen molar-refractivity contribution in [2.45, 2.75) is 34.2 Å². The first kappa shape index (κ1) is 13.7. The summed E-state index contributed by atoms with van der Waals surface area (Å²) in [5, 5.41) is 6.10. The van der Waals surface area contributed by atoms with Gasteiger partial charge in [0.05, 0.1) is 0 Å². The minimum Gasteiger partial charge on any atom is -0.355 e. The summed E-state index contributed by atoms with van der Waals surface area (Å²) in [6, 6.07) is 4.45. The summed E-state index contributed by atoms with van der Waals surface area (Å²) < 4.78 is 0. The summed E-state index contributed by atoms with van der Waals surface area (Å²) in [4.78, 5) is 10.7. The first-order valence-corrected chi connectivity index (χ1v) is 6.02. The first-order valence-electron chi connectivity index (χ1n) is 6.02. The molecule has 0 fully saturated rings. The Kier molecular flexibility index (Phi) is 5.16. The molecule has 3 heteroatoms. The Morgan fingerprint density at radius 1 is 1.06 bits per heavy atom. The van der Waals surface area contributed by atoms with Crippen molar-refractivity contribution in [3.8, 4) is 0 Å². The molecule has 1 amide bonds. The lowest BCUT2D eigenvalue weighted by Crippen LogP contribution is -2.30. The van der Waals surface area contributed by atoms with E-state index in [4.69, 9.17) is 0 Å². The predicted octanol–water partition coefficient (Wildman–Crippen LogP) is 1.84. The van der Waals surface area contributed by atoms with Crippen LogP contribution < -0.4 is 10.6 Å². The van der Waals surface area contributed by atoms with Crippen LogP contribution in [0.1, 0.15) is 29.2 Å². The highest BCUT2D eigenvalue weighted by Gasteiger charge is 2.01. The van der Waals surface area contributed by atoms with Crippen LogP contribution in [0.5, 0.6) is 0 Å². The summed E-state index contributed by atoms with van der Waals surface area (Å²) in [7, 11) is 0. The third-order valence-corrected chi connectivity index (χ3v) is 2.94. The van der Waals surface area contributed by atoms with E-state index in [9.17, 15) is 4.79 Å². The quantitative estimate of drug-likeness (QED) is 0.763. The molecule has 0 atom stereocenters. The highest BCUT2D eigenvalue weighted by atomic mass is 16.1. The third-order valence-electron chi connectivity index (χ3n) is 2.94. The third kappa shape index (κ3) is 4.57. The average molecular weight is 234 g/mol. The standard InChI is InChI=1S/C14H22N2O/c1-10-7-12(3)14(8-11(10)2)9-15-5-6-16-13(4)17/h7-8,15H,5-6,9H2,1-4H3,(H,16,17). The van der Waals surface area contributed by atoms with Gasteiger partial charge in [-0.1, -0.05) is 12.1 Å². The Morgan fingerprint density at radius 2 is 1.71 bits per heavy atom.